The summed E-state index contributed by atoms with van der Waals surface area (Å²) >= 11 is 0. The summed E-state index contributed by atoms with van der Waals surface area (Å²) in [7, 11) is -3.30. The van der Waals surface area contributed by atoms with Gasteiger partial charge in [0.1, 0.15) is 0 Å². The molecule has 1 fully saturated rings. The summed E-state index contributed by atoms with van der Waals surface area (Å²) < 4.78 is 27.2. The van der Waals surface area contributed by atoms with Crippen LogP contribution in [-0.4, -0.2) is 32.4 Å². The first-order chi connectivity index (χ1) is 9.19. The Balaban J connectivity index is 2.01. The van der Waals surface area contributed by atoms with Crippen molar-refractivity contribution in [2.24, 2.45) is 0 Å². The molecule has 1 saturated heterocycles. The van der Waals surface area contributed by atoms with Crippen molar-refractivity contribution in [2.45, 2.75) is 37.1 Å². The molecule has 0 aromatic heterocycles. The quantitative estimate of drug-likeness (QED) is 0.893. The van der Waals surface area contributed by atoms with Crippen molar-refractivity contribution in [1.82, 2.24) is 9.62 Å². The lowest BCUT2D eigenvalue weighted by atomic mass is 10.0. The maximum atomic E-state index is 12.8. The Hall–Kier alpha value is -0.910. The van der Waals surface area contributed by atoms with E-state index in [9.17, 15) is 8.42 Å². The predicted molar refractivity (Wildman–Crippen MR) is 74.5 cm³/mol. The van der Waals surface area contributed by atoms with Gasteiger partial charge in [0.05, 0.1) is 4.90 Å². The number of hydrogen-bond acceptors (Lipinski definition) is 3. The molecule has 0 spiro atoms. The predicted octanol–water partition coefficient (Wildman–Crippen LogP) is 1.51. The van der Waals surface area contributed by atoms with E-state index in [1.807, 2.05) is 12.1 Å². The molecule has 1 N–H and O–H groups in total. The van der Waals surface area contributed by atoms with Crippen LogP contribution in [0.3, 0.4) is 0 Å². The van der Waals surface area contributed by atoms with Crippen molar-refractivity contribution in [3.63, 3.8) is 0 Å². The van der Waals surface area contributed by atoms with Gasteiger partial charge in [-0.1, -0.05) is 18.6 Å². The zero-order chi connectivity index (χ0) is 13.3. The molecule has 0 saturated carbocycles. The van der Waals surface area contributed by atoms with Crippen LogP contribution in [-0.2, 0) is 23.0 Å². The molecule has 1 aromatic rings. The van der Waals surface area contributed by atoms with Crippen LogP contribution in [0.15, 0.2) is 23.1 Å². The maximum Gasteiger partial charge on any atom is 0.243 e. The molecular formula is C14H20N2O2S. The van der Waals surface area contributed by atoms with Crippen LogP contribution >= 0.6 is 0 Å². The molecule has 1 aromatic carbocycles. The molecule has 0 radical (unpaired) electrons. The number of nitrogens with one attached hydrogen (secondary N) is 1. The summed E-state index contributed by atoms with van der Waals surface area (Å²) in [5.41, 5.74) is 2.15. The fourth-order valence-electron chi connectivity index (χ4n) is 2.98. The molecule has 2 aliphatic heterocycles. The van der Waals surface area contributed by atoms with Gasteiger partial charge in [0.25, 0.3) is 0 Å². The van der Waals surface area contributed by atoms with Gasteiger partial charge in [0.15, 0.2) is 0 Å². The highest BCUT2D eigenvalue weighted by atomic mass is 32.2. The van der Waals surface area contributed by atoms with E-state index < -0.39 is 10.0 Å². The van der Waals surface area contributed by atoms with Gasteiger partial charge >= 0.3 is 0 Å². The van der Waals surface area contributed by atoms with Crippen LogP contribution in [0.1, 0.15) is 30.4 Å². The van der Waals surface area contributed by atoms with Crippen LogP contribution < -0.4 is 5.32 Å². The molecule has 2 heterocycles. The van der Waals surface area contributed by atoms with Gasteiger partial charge < -0.3 is 5.32 Å². The Morgan fingerprint density at radius 3 is 2.68 bits per heavy atom. The lowest BCUT2D eigenvalue weighted by Crippen LogP contribution is -2.37. The Morgan fingerprint density at radius 1 is 1.11 bits per heavy atom. The van der Waals surface area contributed by atoms with E-state index in [1.165, 1.54) is 0 Å². The average Bonchev–Trinajstić information content (AvgIpc) is 2.47. The fourth-order valence-corrected chi connectivity index (χ4v) is 4.80. The number of nitrogens with zero attached hydrogens (tertiary/aromatic N) is 1. The molecule has 4 nitrogen and oxygen atoms in total. The molecule has 0 bridgehead atoms. The minimum atomic E-state index is -3.30. The second kappa shape index (κ2) is 5.23. The van der Waals surface area contributed by atoms with Crippen LogP contribution in [0.4, 0.5) is 0 Å². The number of hydrogen-bond donors (Lipinski definition) is 1. The minimum Gasteiger partial charge on any atom is -0.312 e. The van der Waals surface area contributed by atoms with E-state index >= 15 is 0 Å². The molecule has 0 amide bonds. The highest BCUT2D eigenvalue weighted by molar-refractivity contribution is 7.89. The van der Waals surface area contributed by atoms with Crippen molar-refractivity contribution in [3.8, 4) is 0 Å². The fraction of sp³-hybridized carbons (Fsp3) is 0.571. The van der Waals surface area contributed by atoms with Gasteiger partial charge in [-0.3, -0.25) is 0 Å². The summed E-state index contributed by atoms with van der Waals surface area (Å²) in [5.74, 6) is 0. The van der Waals surface area contributed by atoms with Crippen LogP contribution in [0.5, 0.6) is 0 Å². The van der Waals surface area contributed by atoms with Gasteiger partial charge in [0.2, 0.25) is 10.0 Å². The lowest BCUT2D eigenvalue weighted by molar-refractivity contribution is 0.346. The van der Waals surface area contributed by atoms with Crippen molar-refractivity contribution >= 4 is 10.0 Å². The minimum absolute atomic E-state index is 0.536. The van der Waals surface area contributed by atoms with E-state index in [0.717, 1.165) is 49.9 Å². The van der Waals surface area contributed by atoms with Gasteiger partial charge in [-0.15, -0.1) is 0 Å². The highest BCUT2D eigenvalue weighted by Gasteiger charge is 2.29. The number of sulfonamides is 1. The van der Waals surface area contributed by atoms with Crippen LogP contribution in [0, 0.1) is 0 Å². The van der Waals surface area contributed by atoms with Crippen LogP contribution in [0.2, 0.25) is 0 Å². The third-order valence-corrected chi connectivity index (χ3v) is 6.01. The SMILES string of the molecule is O=S(=O)(c1cccc2c1CCNC2)N1CCCCC1. The lowest BCUT2D eigenvalue weighted by Gasteiger charge is -2.28. The van der Waals surface area contributed by atoms with Crippen molar-refractivity contribution < 1.29 is 8.42 Å². The van der Waals surface area contributed by atoms with E-state index in [4.69, 9.17) is 0 Å². The third-order valence-electron chi connectivity index (χ3n) is 4.03. The molecule has 0 unspecified atom stereocenters. The van der Waals surface area contributed by atoms with Crippen molar-refractivity contribution in [1.29, 1.82) is 0 Å². The van der Waals surface area contributed by atoms with E-state index in [0.29, 0.717) is 18.0 Å². The summed E-state index contributed by atoms with van der Waals surface area (Å²) in [6.45, 7) is 2.98. The Kier molecular flexibility index (Phi) is 3.60. The zero-order valence-electron chi connectivity index (χ0n) is 11.1. The number of piperidine rings is 1. The van der Waals surface area contributed by atoms with E-state index in [2.05, 4.69) is 5.32 Å². The normalized spacial score (nSPS) is 21.1. The van der Waals surface area contributed by atoms with Gasteiger partial charge in [-0.25, -0.2) is 8.42 Å². The second-order valence-electron chi connectivity index (χ2n) is 5.29. The number of rotatable bonds is 2. The Morgan fingerprint density at radius 2 is 1.89 bits per heavy atom. The van der Waals surface area contributed by atoms with Crippen LogP contribution in [0.25, 0.3) is 0 Å². The summed E-state index contributed by atoms with van der Waals surface area (Å²) in [6.07, 6.45) is 3.91. The summed E-state index contributed by atoms with van der Waals surface area (Å²) in [6, 6.07) is 5.66. The average molecular weight is 280 g/mol. The largest absolute Gasteiger partial charge is 0.312 e. The molecular weight excluding hydrogens is 260 g/mol. The molecule has 104 valence electrons. The smallest absolute Gasteiger partial charge is 0.243 e. The van der Waals surface area contributed by atoms with Crippen molar-refractivity contribution in [3.05, 3.63) is 29.3 Å². The second-order valence-corrected chi connectivity index (χ2v) is 7.19. The highest BCUT2D eigenvalue weighted by Crippen LogP contribution is 2.27. The van der Waals surface area contributed by atoms with Gasteiger partial charge in [0, 0.05) is 19.6 Å². The zero-order valence-corrected chi connectivity index (χ0v) is 11.9. The topological polar surface area (TPSA) is 49.4 Å². The van der Waals surface area contributed by atoms with E-state index in [-0.39, 0.29) is 0 Å². The molecule has 2 aliphatic rings. The number of benzene rings is 1. The Labute approximate surface area is 114 Å². The first kappa shape index (κ1) is 13.1. The third kappa shape index (κ3) is 2.42. The van der Waals surface area contributed by atoms with Gasteiger partial charge in [-0.2, -0.15) is 4.31 Å². The van der Waals surface area contributed by atoms with E-state index in [1.54, 1.807) is 10.4 Å². The first-order valence-corrected chi connectivity index (χ1v) is 8.45. The number of fused-ring (bicyclic) bond motifs is 1. The standard InChI is InChI=1S/C14H20N2O2S/c17-19(18,16-9-2-1-3-10-16)14-6-4-5-12-11-15-8-7-13(12)14/h4-6,15H,1-3,7-11H2. The summed E-state index contributed by atoms with van der Waals surface area (Å²) in [5, 5.41) is 3.29. The molecule has 0 aliphatic carbocycles. The Bertz CT molecular complexity index is 563. The van der Waals surface area contributed by atoms with Gasteiger partial charge in [-0.05, 0) is 43.0 Å². The molecule has 19 heavy (non-hydrogen) atoms. The molecule has 5 heteroatoms. The van der Waals surface area contributed by atoms with Crippen molar-refractivity contribution in [2.75, 3.05) is 19.6 Å². The maximum absolute atomic E-state index is 12.8. The molecule has 3 rings (SSSR count). The molecule has 0 atom stereocenters. The monoisotopic (exact) mass is 280 g/mol. The first-order valence-electron chi connectivity index (χ1n) is 7.01. The summed E-state index contributed by atoms with van der Waals surface area (Å²) in [4.78, 5) is 0.536.